The largest absolute Gasteiger partial charge is 0.506 e. The minimum Gasteiger partial charge on any atom is -0.506 e. The predicted molar refractivity (Wildman–Crippen MR) is 120 cm³/mol. The van der Waals surface area contributed by atoms with Crippen molar-refractivity contribution in [2.75, 3.05) is 18.4 Å². The van der Waals surface area contributed by atoms with E-state index in [0.29, 0.717) is 48.5 Å². The van der Waals surface area contributed by atoms with Gasteiger partial charge in [-0.15, -0.1) is 0 Å². The topological polar surface area (TPSA) is 81.7 Å². The Labute approximate surface area is 184 Å². The third-order valence-corrected chi connectivity index (χ3v) is 7.31. The van der Waals surface area contributed by atoms with Crippen molar-refractivity contribution in [2.24, 2.45) is 17.8 Å². The third kappa shape index (κ3) is 5.46. The van der Waals surface area contributed by atoms with Crippen LogP contribution in [0.2, 0.25) is 5.02 Å². The summed E-state index contributed by atoms with van der Waals surface area (Å²) in [6.45, 7) is 7.86. The molecule has 3 rings (SSSR count). The molecule has 0 radical (unpaired) electrons. The second kappa shape index (κ2) is 10.0. The molecule has 2 fully saturated rings. The summed E-state index contributed by atoms with van der Waals surface area (Å²) in [6.07, 6.45) is 4.84. The summed E-state index contributed by atoms with van der Waals surface area (Å²) in [6, 6.07) is 4.65. The lowest BCUT2D eigenvalue weighted by Gasteiger charge is -2.38. The van der Waals surface area contributed by atoms with E-state index in [4.69, 9.17) is 11.6 Å². The zero-order valence-corrected chi connectivity index (χ0v) is 18.9. The van der Waals surface area contributed by atoms with Gasteiger partial charge in [-0.05, 0) is 69.3 Å². The van der Waals surface area contributed by atoms with Crippen LogP contribution in [0.4, 0.5) is 5.69 Å². The first-order chi connectivity index (χ1) is 14.3. The van der Waals surface area contributed by atoms with Gasteiger partial charge in [0, 0.05) is 17.0 Å². The maximum absolute atomic E-state index is 12.8. The number of aromatic hydroxyl groups is 1. The van der Waals surface area contributed by atoms with Gasteiger partial charge in [-0.1, -0.05) is 38.3 Å². The number of phenolic OH excluding ortho intramolecular Hbond substituents is 1. The zero-order chi connectivity index (χ0) is 21.8. The molecule has 0 spiro atoms. The quantitative estimate of drug-likeness (QED) is 0.610. The van der Waals surface area contributed by atoms with Gasteiger partial charge in [-0.25, -0.2) is 0 Å². The van der Waals surface area contributed by atoms with E-state index < -0.39 is 0 Å². The number of benzene rings is 1. The number of anilines is 1. The first-order valence-corrected chi connectivity index (χ1v) is 11.5. The smallest absolute Gasteiger partial charge is 0.237 e. The fraction of sp³-hybridized carbons (Fsp3) is 0.652. The Kier molecular flexibility index (Phi) is 7.64. The van der Waals surface area contributed by atoms with E-state index in [9.17, 15) is 14.7 Å². The van der Waals surface area contributed by atoms with Crippen LogP contribution in [0.5, 0.6) is 5.75 Å². The van der Waals surface area contributed by atoms with Crippen LogP contribution >= 0.6 is 11.6 Å². The third-order valence-electron chi connectivity index (χ3n) is 7.08. The molecule has 3 N–H and O–H groups in total. The van der Waals surface area contributed by atoms with Gasteiger partial charge in [0.1, 0.15) is 5.75 Å². The molecule has 30 heavy (non-hydrogen) atoms. The van der Waals surface area contributed by atoms with Crippen molar-refractivity contribution in [2.45, 2.75) is 65.0 Å². The number of hydrogen-bond acceptors (Lipinski definition) is 4. The first kappa shape index (κ1) is 22.9. The molecule has 1 saturated heterocycles. The van der Waals surface area contributed by atoms with E-state index in [2.05, 4.69) is 29.4 Å². The van der Waals surface area contributed by atoms with E-state index in [1.54, 1.807) is 12.1 Å². The molecule has 1 heterocycles. The number of rotatable bonds is 5. The van der Waals surface area contributed by atoms with Crippen LogP contribution in [-0.2, 0) is 9.59 Å². The van der Waals surface area contributed by atoms with E-state index in [0.717, 1.165) is 6.42 Å². The van der Waals surface area contributed by atoms with E-state index in [1.165, 1.54) is 18.9 Å². The summed E-state index contributed by atoms with van der Waals surface area (Å²) in [5.74, 6) is 0.984. The molecule has 0 aromatic heterocycles. The lowest BCUT2D eigenvalue weighted by atomic mass is 9.78. The standard InChI is InChI=1S/C23H34ClN3O3/c1-14-5-4-6-19(15(14)2)25-22(29)16(3)27-11-9-17(10-12-27)23(30)26-20-13-18(24)7-8-21(20)28/h7-8,13-17,19,28H,4-6,9-12H2,1-3H3,(H,25,29)(H,26,30). The molecule has 4 unspecified atom stereocenters. The van der Waals surface area contributed by atoms with Crippen LogP contribution in [0.15, 0.2) is 18.2 Å². The maximum Gasteiger partial charge on any atom is 0.237 e. The van der Waals surface area contributed by atoms with Gasteiger partial charge in [0.25, 0.3) is 0 Å². The molecule has 4 atom stereocenters. The fourth-order valence-electron chi connectivity index (χ4n) is 4.65. The minimum atomic E-state index is -0.199. The van der Waals surface area contributed by atoms with Crippen molar-refractivity contribution < 1.29 is 14.7 Å². The average Bonchev–Trinajstić information content (AvgIpc) is 2.73. The molecule has 0 bridgehead atoms. The SMILES string of the molecule is CC1CCCC(NC(=O)C(C)N2CCC(C(=O)Nc3cc(Cl)ccc3O)CC2)C1C. The summed E-state index contributed by atoms with van der Waals surface area (Å²) in [5, 5.41) is 16.4. The van der Waals surface area contributed by atoms with Crippen molar-refractivity contribution in [3.8, 4) is 5.75 Å². The van der Waals surface area contributed by atoms with Crippen LogP contribution in [0.25, 0.3) is 0 Å². The fourth-order valence-corrected chi connectivity index (χ4v) is 4.82. The van der Waals surface area contributed by atoms with Crippen LogP contribution < -0.4 is 10.6 Å². The van der Waals surface area contributed by atoms with E-state index in [-0.39, 0.29) is 35.6 Å². The molecule has 1 saturated carbocycles. The van der Waals surface area contributed by atoms with Crippen molar-refractivity contribution >= 4 is 29.1 Å². The normalized spacial score (nSPS) is 26.7. The summed E-state index contributed by atoms with van der Waals surface area (Å²) < 4.78 is 0. The number of nitrogens with zero attached hydrogens (tertiary/aromatic N) is 1. The van der Waals surface area contributed by atoms with Crippen LogP contribution in [0.1, 0.15) is 52.9 Å². The van der Waals surface area contributed by atoms with Crippen molar-refractivity contribution in [1.82, 2.24) is 10.2 Å². The van der Waals surface area contributed by atoms with Gasteiger partial charge in [0.05, 0.1) is 11.7 Å². The van der Waals surface area contributed by atoms with Gasteiger partial charge in [-0.2, -0.15) is 0 Å². The number of piperidine rings is 1. The Hall–Kier alpha value is -1.79. The maximum atomic E-state index is 12.8. The number of likely N-dealkylation sites (tertiary alicyclic amines) is 1. The van der Waals surface area contributed by atoms with Gasteiger partial charge < -0.3 is 15.7 Å². The zero-order valence-electron chi connectivity index (χ0n) is 18.2. The number of halogens is 1. The number of carbonyl (C=O) groups excluding carboxylic acids is 2. The molecule has 166 valence electrons. The van der Waals surface area contributed by atoms with Crippen LogP contribution in [-0.4, -0.2) is 47.0 Å². The Bertz CT molecular complexity index is 764. The number of phenols is 1. The molecule has 2 amide bonds. The van der Waals surface area contributed by atoms with E-state index in [1.807, 2.05) is 6.92 Å². The lowest BCUT2D eigenvalue weighted by Crippen LogP contribution is -2.53. The number of nitrogens with one attached hydrogen (secondary N) is 2. The van der Waals surface area contributed by atoms with Gasteiger partial charge >= 0.3 is 0 Å². The second-order valence-corrected chi connectivity index (χ2v) is 9.46. The average molecular weight is 436 g/mol. The van der Waals surface area contributed by atoms with Crippen LogP contribution in [0.3, 0.4) is 0 Å². The Morgan fingerprint density at radius 1 is 1.17 bits per heavy atom. The molecular weight excluding hydrogens is 402 g/mol. The molecule has 1 aliphatic heterocycles. The monoisotopic (exact) mass is 435 g/mol. The molecule has 1 aromatic rings. The molecule has 6 nitrogen and oxygen atoms in total. The molecule has 2 aliphatic rings. The molecule has 1 aromatic carbocycles. The number of amides is 2. The van der Waals surface area contributed by atoms with Crippen molar-refractivity contribution in [3.05, 3.63) is 23.2 Å². The Morgan fingerprint density at radius 3 is 2.57 bits per heavy atom. The second-order valence-electron chi connectivity index (χ2n) is 9.02. The summed E-state index contributed by atoms with van der Waals surface area (Å²) in [5.41, 5.74) is 0.332. The van der Waals surface area contributed by atoms with E-state index >= 15 is 0 Å². The summed E-state index contributed by atoms with van der Waals surface area (Å²) in [4.78, 5) is 27.6. The molecule has 7 heteroatoms. The highest BCUT2D eigenvalue weighted by Crippen LogP contribution is 2.30. The van der Waals surface area contributed by atoms with Crippen molar-refractivity contribution in [3.63, 3.8) is 0 Å². The summed E-state index contributed by atoms with van der Waals surface area (Å²) in [7, 11) is 0. The van der Waals surface area contributed by atoms with Crippen molar-refractivity contribution in [1.29, 1.82) is 0 Å². The Morgan fingerprint density at radius 2 is 1.87 bits per heavy atom. The predicted octanol–water partition coefficient (Wildman–Crippen LogP) is 4.03. The Balaban J connectivity index is 1.48. The van der Waals surface area contributed by atoms with Gasteiger partial charge in [0.2, 0.25) is 11.8 Å². The highest BCUT2D eigenvalue weighted by atomic mass is 35.5. The molecular formula is C23H34ClN3O3. The van der Waals surface area contributed by atoms with Crippen LogP contribution in [0, 0.1) is 17.8 Å². The highest BCUT2D eigenvalue weighted by molar-refractivity contribution is 6.31. The number of carbonyl (C=O) groups is 2. The molecule has 1 aliphatic carbocycles. The highest BCUT2D eigenvalue weighted by Gasteiger charge is 2.33. The van der Waals surface area contributed by atoms with Gasteiger partial charge in [0.15, 0.2) is 0 Å². The summed E-state index contributed by atoms with van der Waals surface area (Å²) >= 11 is 5.95. The number of hydrogen-bond donors (Lipinski definition) is 3. The minimum absolute atomic E-state index is 0.00161. The lowest BCUT2D eigenvalue weighted by molar-refractivity contribution is -0.128. The first-order valence-electron chi connectivity index (χ1n) is 11.1. The van der Waals surface area contributed by atoms with Gasteiger partial charge in [-0.3, -0.25) is 14.5 Å².